The topological polar surface area (TPSA) is 73.0 Å². The largest absolute Gasteiger partial charge is 0.326 e. The molecule has 1 aromatic rings. The second-order valence-electron chi connectivity index (χ2n) is 4.73. The Balaban J connectivity index is 2.89. The quantitative estimate of drug-likeness (QED) is 0.866. The van der Waals surface area contributed by atoms with Gasteiger partial charge in [-0.1, -0.05) is 6.07 Å². The second kappa shape index (κ2) is 4.51. The Hall–Kier alpha value is -0.940. The van der Waals surface area contributed by atoms with Crippen molar-refractivity contribution < 1.29 is 8.42 Å². The van der Waals surface area contributed by atoms with E-state index in [1.54, 1.807) is 39.1 Å². The van der Waals surface area contributed by atoms with Crippen molar-refractivity contribution in [2.24, 2.45) is 5.73 Å². The molecule has 0 bridgehead atoms. The molecule has 0 spiro atoms. The summed E-state index contributed by atoms with van der Waals surface area (Å²) in [4.78, 5) is 4.09. The summed E-state index contributed by atoms with van der Waals surface area (Å²) in [5.41, 5.74) is 6.90. The lowest BCUT2D eigenvalue weighted by Crippen LogP contribution is -2.29. The summed E-state index contributed by atoms with van der Waals surface area (Å²) in [6, 6.07) is 3.52. The molecule has 0 aromatic carbocycles. The molecule has 2 N–H and O–H groups in total. The van der Waals surface area contributed by atoms with E-state index in [2.05, 4.69) is 4.98 Å². The lowest BCUT2D eigenvalue weighted by molar-refractivity contribution is 0.558. The summed E-state index contributed by atoms with van der Waals surface area (Å²) in [7, 11) is -3.16. The Morgan fingerprint density at radius 1 is 1.31 bits per heavy atom. The molecule has 0 fully saturated rings. The fourth-order valence-electron chi connectivity index (χ4n) is 1.07. The number of aromatic nitrogens is 1. The zero-order valence-electron chi connectivity index (χ0n) is 9.90. The molecule has 4 nitrogen and oxygen atoms in total. The van der Waals surface area contributed by atoms with Crippen molar-refractivity contribution in [3.63, 3.8) is 0 Å². The lowest BCUT2D eigenvalue weighted by Gasteiger charge is -2.18. The fraction of sp³-hybridized carbons (Fsp3) is 0.545. The van der Waals surface area contributed by atoms with Gasteiger partial charge in [0.15, 0.2) is 9.84 Å². The van der Waals surface area contributed by atoms with E-state index in [9.17, 15) is 8.42 Å². The minimum absolute atomic E-state index is 0.0264. The van der Waals surface area contributed by atoms with Gasteiger partial charge in [0, 0.05) is 12.7 Å². The average molecular weight is 242 g/mol. The Morgan fingerprint density at radius 3 is 2.31 bits per heavy atom. The number of nitrogens with two attached hydrogens (primary N) is 1. The van der Waals surface area contributed by atoms with Gasteiger partial charge >= 0.3 is 0 Å². The van der Waals surface area contributed by atoms with Gasteiger partial charge in [0.2, 0.25) is 0 Å². The van der Waals surface area contributed by atoms with Crippen molar-refractivity contribution >= 4 is 9.84 Å². The van der Waals surface area contributed by atoms with E-state index in [4.69, 9.17) is 5.73 Å². The summed E-state index contributed by atoms with van der Waals surface area (Å²) in [5.74, 6) is -0.0264. The molecule has 0 aliphatic carbocycles. The molecule has 0 saturated heterocycles. The highest BCUT2D eigenvalue weighted by Crippen LogP contribution is 2.19. The minimum atomic E-state index is -3.16. The number of rotatable bonds is 3. The molecular formula is C11H18N2O2S. The van der Waals surface area contributed by atoms with E-state index in [1.165, 1.54) is 0 Å². The Bertz CT molecular complexity index is 444. The first-order chi connectivity index (χ1) is 7.26. The van der Waals surface area contributed by atoms with Gasteiger partial charge < -0.3 is 5.73 Å². The van der Waals surface area contributed by atoms with Gasteiger partial charge in [0.25, 0.3) is 0 Å². The maximum absolute atomic E-state index is 11.9. The van der Waals surface area contributed by atoms with E-state index in [0.29, 0.717) is 12.2 Å². The molecule has 0 unspecified atom stereocenters. The second-order valence-corrected chi connectivity index (χ2v) is 7.48. The van der Waals surface area contributed by atoms with Crippen molar-refractivity contribution in [1.82, 2.24) is 4.98 Å². The van der Waals surface area contributed by atoms with Crippen molar-refractivity contribution in [2.75, 3.05) is 0 Å². The van der Waals surface area contributed by atoms with Crippen LogP contribution in [0.5, 0.6) is 0 Å². The molecule has 1 aromatic heterocycles. The van der Waals surface area contributed by atoms with Crippen molar-refractivity contribution in [3.05, 3.63) is 29.6 Å². The van der Waals surface area contributed by atoms with Gasteiger partial charge in [-0.15, -0.1) is 0 Å². The van der Waals surface area contributed by atoms with Gasteiger partial charge in [-0.25, -0.2) is 8.42 Å². The molecular weight excluding hydrogens is 224 g/mol. The summed E-state index contributed by atoms with van der Waals surface area (Å²) in [6.07, 6.45) is 1.62. The highest BCUT2D eigenvalue weighted by molar-refractivity contribution is 7.91. The Kier molecular flexibility index (Phi) is 3.70. The van der Waals surface area contributed by atoms with Gasteiger partial charge in [0.1, 0.15) is 0 Å². The molecule has 0 saturated carbocycles. The summed E-state index contributed by atoms with van der Waals surface area (Å²) in [5, 5.41) is 0. The van der Waals surface area contributed by atoms with Crippen molar-refractivity contribution in [2.45, 2.75) is 37.8 Å². The zero-order valence-corrected chi connectivity index (χ0v) is 10.7. The molecule has 16 heavy (non-hydrogen) atoms. The number of nitrogens with zero attached hydrogens (tertiary/aromatic N) is 1. The van der Waals surface area contributed by atoms with Gasteiger partial charge in [-0.05, 0) is 32.4 Å². The molecule has 0 aliphatic rings. The maximum Gasteiger partial charge on any atom is 0.160 e. The van der Waals surface area contributed by atoms with Crippen LogP contribution in [-0.2, 0) is 22.1 Å². The molecule has 0 atom stereocenters. The van der Waals surface area contributed by atoms with Gasteiger partial charge in [-0.2, -0.15) is 0 Å². The number of pyridine rings is 1. The summed E-state index contributed by atoms with van der Waals surface area (Å²) < 4.78 is 23.1. The standard InChI is InChI=1S/C11H18N2O2S/c1-11(2,3)16(14,15)8-10-5-4-9(6-12)7-13-10/h4-5,7H,6,8,12H2,1-3H3. The highest BCUT2D eigenvalue weighted by atomic mass is 32.2. The van der Waals surface area contributed by atoms with Crippen LogP contribution in [0.1, 0.15) is 32.0 Å². The van der Waals surface area contributed by atoms with E-state index >= 15 is 0 Å². The predicted molar refractivity (Wildman–Crippen MR) is 64.5 cm³/mol. The third kappa shape index (κ3) is 3.02. The van der Waals surface area contributed by atoms with Crippen LogP contribution in [0.15, 0.2) is 18.3 Å². The molecule has 1 heterocycles. The van der Waals surface area contributed by atoms with Crippen LogP contribution in [0.3, 0.4) is 0 Å². The Labute approximate surface area is 96.8 Å². The molecule has 1 rings (SSSR count). The third-order valence-electron chi connectivity index (χ3n) is 2.39. The van der Waals surface area contributed by atoms with Crippen LogP contribution in [0.2, 0.25) is 0 Å². The van der Waals surface area contributed by atoms with Crippen molar-refractivity contribution in [3.8, 4) is 0 Å². The average Bonchev–Trinajstić information content (AvgIpc) is 2.16. The number of hydrogen-bond donors (Lipinski definition) is 1. The number of sulfone groups is 1. The minimum Gasteiger partial charge on any atom is -0.326 e. The molecule has 0 radical (unpaired) electrons. The molecule has 5 heteroatoms. The van der Waals surface area contributed by atoms with E-state index in [1.807, 2.05) is 0 Å². The van der Waals surface area contributed by atoms with Crippen LogP contribution in [0, 0.1) is 0 Å². The van der Waals surface area contributed by atoms with Gasteiger partial charge in [0.05, 0.1) is 16.2 Å². The normalized spacial score (nSPS) is 12.8. The van der Waals surface area contributed by atoms with E-state index < -0.39 is 14.6 Å². The zero-order chi connectivity index (χ0) is 12.4. The van der Waals surface area contributed by atoms with Gasteiger partial charge in [-0.3, -0.25) is 4.98 Å². The first-order valence-electron chi connectivity index (χ1n) is 5.12. The first kappa shape index (κ1) is 13.1. The number of hydrogen-bond acceptors (Lipinski definition) is 4. The third-order valence-corrected chi connectivity index (χ3v) is 4.93. The van der Waals surface area contributed by atoms with E-state index in [0.717, 1.165) is 5.56 Å². The van der Waals surface area contributed by atoms with Crippen LogP contribution in [0.25, 0.3) is 0 Å². The molecule has 90 valence electrons. The fourth-order valence-corrected chi connectivity index (χ4v) is 2.07. The van der Waals surface area contributed by atoms with Crippen LogP contribution in [-0.4, -0.2) is 18.1 Å². The maximum atomic E-state index is 11.9. The molecule has 0 aliphatic heterocycles. The summed E-state index contributed by atoms with van der Waals surface area (Å²) >= 11 is 0. The lowest BCUT2D eigenvalue weighted by atomic mass is 10.2. The van der Waals surface area contributed by atoms with E-state index in [-0.39, 0.29) is 5.75 Å². The van der Waals surface area contributed by atoms with Crippen molar-refractivity contribution in [1.29, 1.82) is 0 Å². The summed E-state index contributed by atoms with van der Waals surface area (Å²) in [6.45, 7) is 5.49. The predicted octanol–water partition coefficient (Wildman–Crippen LogP) is 1.25. The first-order valence-corrected chi connectivity index (χ1v) is 6.77. The Morgan fingerprint density at radius 2 is 1.94 bits per heavy atom. The monoisotopic (exact) mass is 242 g/mol. The van der Waals surface area contributed by atoms with Crippen LogP contribution >= 0.6 is 0 Å². The SMILES string of the molecule is CC(C)(C)S(=O)(=O)Cc1ccc(CN)cn1. The molecule has 0 amide bonds. The van der Waals surface area contributed by atoms with Crippen LogP contribution < -0.4 is 5.73 Å². The smallest absolute Gasteiger partial charge is 0.160 e. The highest BCUT2D eigenvalue weighted by Gasteiger charge is 2.29. The van der Waals surface area contributed by atoms with Crippen LogP contribution in [0.4, 0.5) is 0 Å².